The van der Waals surface area contributed by atoms with Crippen LogP contribution in [0.3, 0.4) is 0 Å². The molecule has 1 atom stereocenters. The number of hydrogen-bond donors (Lipinski definition) is 0. The molecule has 6 heteroatoms. The molecule has 1 unspecified atom stereocenters. The van der Waals surface area contributed by atoms with Gasteiger partial charge in [-0.05, 0) is 34.1 Å². The minimum atomic E-state index is -3.20. The van der Waals surface area contributed by atoms with E-state index in [2.05, 4.69) is 30.3 Å². The average Bonchev–Trinajstić information content (AvgIpc) is 2.74. The Morgan fingerprint density at radius 3 is 2.35 bits per heavy atom. The van der Waals surface area contributed by atoms with Gasteiger partial charge in [-0.1, -0.05) is 6.92 Å². The first kappa shape index (κ1) is 17.2. The monoisotopic (exact) mass is 301 g/mol. The van der Waals surface area contributed by atoms with Gasteiger partial charge in [0.25, 0.3) is 0 Å². The molecular weight excluding hydrogens is 274 g/mol. The van der Waals surface area contributed by atoms with E-state index < -0.39 is 15.6 Å². The van der Waals surface area contributed by atoms with Crippen LogP contribution in [0.25, 0.3) is 0 Å². The Labute approximate surface area is 123 Å². The third-order valence-corrected chi connectivity index (χ3v) is 5.34. The lowest BCUT2D eigenvalue weighted by Gasteiger charge is -2.35. The van der Waals surface area contributed by atoms with E-state index in [1.54, 1.807) is 13.2 Å². The fraction of sp³-hybridized carbons (Fsp3) is 0.786. The summed E-state index contributed by atoms with van der Waals surface area (Å²) in [5.74, 6) is 1.20. The maximum atomic E-state index is 11.7. The Bertz CT molecular complexity index is 547. The zero-order valence-corrected chi connectivity index (χ0v) is 14.4. The lowest BCUT2D eigenvalue weighted by Crippen LogP contribution is -2.45. The second kappa shape index (κ2) is 5.85. The summed E-state index contributed by atoms with van der Waals surface area (Å²) in [4.78, 5) is 4.44. The van der Waals surface area contributed by atoms with Crippen molar-refractivity contribution in [1.29, 1.82) is 0 Å². The lowest BCUT2D eigenvalue weighted by molar-refractivity contribution is 0.233. The van der Waals surface area contributed by atoms with Gasteiger partial charge < -0.3 is 4.57 Å². The molecule has 0 fully saturated rings. The van der Waals surface area contributed by atoms with Crippen LogP contribution in [0.5, 0.6) is 0 Å². The van der Waals surface area contributed by atoms with Crippen LogP contribution < -0.4 is 0 Å². The molecule has 5 nitrogen and oxygen atoms in total. The van der Waals surface area contributed by atoms with Gasteiger partial charge in [-0.25, -0.2) is 13.4 Å². The molecule has 0 aliphatic heterocycles. The van der Waals surface area contributed by atoms with Crippen LogP contribution in [-0.4, -0.2) is 41.1 Å². The van der Waals surface area contributed by atoms with E-state index in [-0.39, 0.29) is 5.92 Å². The molecule has 0 saturated heterocycles. The van der Waals surface area contributed by atoms with Crippen molar-refractivity contribution in [3.05, 3.63) is 18.2 Å². The van der Waals surface area contributed by atoms with Gasteiger partial charge in [0, 0.05) is 36.9 Å². The maximum absolute atomic E-state index is 11.7. The van der Waals surface area contributed by atoms with Gasteiger partial charge in [0.1, 0.15) is 5.82 Å². The van der Waals surface area contributed by atoms with Crippen LogP contribution in [0, 0.1) is 0 Å². The van der Waals surface area contributed by atoms with E-state index in [0.717, 1.165) is 12.2 Å². The molecule has 0 radical (unpaired) electrons. The van der Waals surface area contributed by atoms with E-state index in [0.29, 0.717) is 6.04 Å². The van der Waals surface area contributed by atoms with Crippen LogP contribution in [0.4, 0.5) is 0 Å². The Morgan fingerprint density at radius 1 is 1.35 bits per heavy atom. The number of sulfonamides is 1. The summed E-state index contributed by atoms with van der Waals surface area (Å²) in [7, 11) is -1.56. The van der Waals surface area contributed by atoms with E-state index in [9.17, 15) is 8.42 Å². The fourth-order valence-corrected chi connectivity index (χ4v) is 3.53. The summed E-state index contributed by atoms with van der Waals surface area (Å²) < 4.78 is 27.0. The van der Waals surface area contributed by atoms with Gasteiger partial charge in [0.2, 0.25) is 10.0 Å². The maximum Gasteiger partial charge on any atom is 0.211 e. The number of imidazole rings is 1. The third kappa shape index (κ3) is 3.82. The van der Waals surface area contributed by atoms with Gasteiger partial charge in [-0.3, -0.25) is 0 Å². The molecule has 0 amide bonds. The number of aromatic nitrogens is 2. The number of hydrogen-bond acceptors (Lipinski definition) is 3. The van der Waals surface area contributed by atoms with Gasteiger partial charge in [0.05, 0.1) is 6.26 Å². The lowest BCUT2D eigenvalue weighted by atomic mass is 9.91. The summed E-state index contributed by atoms with van der Waals surface area (Å²) >= 11 is 0. The van der Waals surface area contributed by atoms with Gasteiger partial charge in [-0.15, -0.1) is 0 Å². The highest BCUT2D eigenvalue weighted by molar-refractivity contribution is 7.88. The third-order valence-electron chi connectivity index (χ3n) is 3.85. The van der Waals surface area contributed by atoms with Crippen molar-refractivity contribution in [3.8, 4) is 0 Å². The van der Waals surface area contributed by atoms with Gasteiger partial charge >= 0.3 is 0 Å². The van der Waals surface area contributed by atoms with Crippen LogP contribution in [-0.2, 0) is 10.0 Å². The Hall–Kier alpha value is -0.880. The second-order valence-electron chi connectivity index (χ2n) is 6.43. The summed E-state index contributed by atoms with van der Waals surface area (Å²) in [5, 5.41) is 0. The fourth-order valence-electron chi connectivity index (χ4n) is 2.56. The van der Waals surface area contributed by atoms with E-state index >= 15 is 0 Å². The molecule has 0 spiro atoms. The highest BCUT2D eigenvalue weighted by atomic mass is 32.2. The molecule has 0 N–H and O–H groups in total. The Morgan fingerprint density at radius 2 is 1.90 bits per heavy atom. The zero-order valence-electron chi connectivity index (χ0n) is 13.6. The van der Waals surface area contributed by atoms with Crippen molar-refractivity contribution in [2.75, 3.05) is 13.3 Å². The molecule has 1 aromatic rings. The summed E-state index contributed by atoms with van der Waals surface area (Å²) in [6.45, 7) is 10.2. The van der Waals surface area contributed by atoms with Crippen LogP contribution in [0.2, 0.25) is 0 Å². The molecule has 116 valence electrons. The molecule has 0 aliphatic carbocycles. The average molecular weight is 301 g/mol. The summed E-state index contributed by atoms with van der Waals surface area (Å²) in [6.07, 6.45) is 5.75. The molecule has 1 heterocycles. The Balaban J connectivity index is 2.95. The first-order chi connectivity index (χ1) is 8.97. The van der Waals surface area contributed by atoms with Crippen molar-refractivity contribution >= 4 is 10.0 Å². The quantitative estimate of drug-likeness (QED) is 0.811. The molecule has 0 aliphatic rings. The molecular formula is C14H27N3O2S. The normalized spacial score (nSPS) is 15.1. The van der Waals surface area contributed by atoms with Crippen molar-refractivity contribution in [2.24, 2.45) is 0 Å². The highest BCUT2D eigenvalue weighted by Gasteiger charge is 2.33. The van der Waals surface area contributed by atoms with Crippen molar-refractivity contribution < 1.29 is 8.42 Å². The highest BCUT2D eigenvalue weighted by Crippen LogP contribution is 2.30. The summed E-state index contributed by atoms with van der Waals surface area (Å²) in [6, 6.07) is 0.352. The smallest absolute Gasteiger partial charge is 0.211 e. The van der Waals surface area contributed by atoms with E-state index in [1.165, 1.54) is 10.6 Å². The van der Waals surface area contributed by atoms with E-state index in [1.807, 2.05) is 20.0 Å². The van der Waals surface area contributed by atoms with Crippen LogP contribution in [0.15, 0.2) is 12.4 Å². The van der Waals surface area contributed by atoms with Crippen LogP contribution in [0.1, 0.15) is 58.8 Å². The largest absolute Gasteiger partial charge is 0.332 e. The number of nitrogens with zero attached hydrogens (tertiary/aromatic N) is 3. The molecule has 0 aromatic carbocycles. The van der Waals surface area contributed by atoms with E-state index in [4.69, 9.17) is 0 Å². The minimum absolute atomic E-state index is 0.187. The topological polar surface area (TPSA) is 55.2 Å². The zero-order chi connectivity index (χ0) is 15.7. The molecule has 1 rings (SSSR count). The molecule has 20 heavy (non-hydrogen) atoms. The summed E-state index contributed by atoms with van der Waals surface area (Å²) in [5.41, 5.74) is -0.444. The van der Waals surface area contributed by atoms with Gasteiger partial charge in [-0.2, -0.15) is 4.31 Å². The van der Waals surface area contributed by atoms with Crippen molar-refractivity contribution in [2.45, 2.75) is 58.5 Å². The Kier molecular flexibility index (Phi) is 5.03. The minimum Gasteiger partial charge on any atom is -0.332 e. The van der Waals surface area contributed by atoms with Crippen molar-refractivity contribution in [1.82, 2.24) is 13.9 Å². The van der Waals surface area contributed by atoms with Crippen molar-refractivity contribution in [3.63, 3.8) is 0 Å². The predicted octanol–water partition coefficient (Wildman–Crippen LogP) is 2.63. The first-order valence-electron chi connectivity index (χ1n) is 6.93. The standard InChI is InChI=1S/C14H27N3O2S/c1-11(2)17-9-8-15-13(17)12(3)10-14(4,5)16(6)20(7,18)19/h8-9,11-12H,10H2,1-7H3. The van der Waals surface area contributed by atoms with Crippen LogP contribution >= 0.6 is 0 Å². The van der Waals surface area contributed by atoms with Gasteiger partial charge in [0.15, 0.2) is 0 Å². The molecule has 0 bridgehead atoms. The molecule has 0 saturated carbocycles. The SMILES string of the molecule is CC(CC(C)(C)N(C)S(C)(=O)=O)c1nccn1C(C)C. The predicted molar refractivity (Wildman–Crippen MR) is 82.3 cm³/mol. The second-order valence-corrected chi connectivity index (χ2v) is 8.45. The number of rotatable bonds is 6. The molecule has 1 aromatic heterocycles. The first-order valence-corrected chi connectivity index (χ1v) is 8.78.